The zero-order valence-corrected chi connectivity index (χ0v) is 21.8. The number of aromatic nitrogens is 1. The molecule has 8 nitrogen and oxygen atoms in total. The lowest BCUT2D eigenvalue weighted by atomic mass is 9.42. The van der Waals surface area contributed by atoms with Crippen LogP contribution >= 0.6 is 0 Å². The third-order valence-corrected chi connectivity index (χ3v) is 10.8. The molecule has 2 aromatic rings. The first-order valence-electron chi connectivity index (χ1n) is 14.1. The molecule has 7 aliphatic rings. The zero-order chi connectivity index (χ0) is 24.9. The molecule has 2 amide bonds. The van der Waals surface area contributed by atoms with E-state index in [4.69, 9.17) is 13.9 Å². The smallest absolute Gasteiger partial charge is 0.320 e. The van der Waals surface area contributed by atoms with Crippen molar-refractivity contribution in [2.45, 2.75) is 75.1 Å². The molecule has 8 heteroatoms. The topological polar surface area (TPSA) is 71.3 Å². The molecular formula is C29H36N4O4. The Bertz CT molecular complexity index is 1240. The minimum Gasteiger partial charge on any atom is -0.493 e. The van der Waals surface area contributed by atoms with Crippen LogP contribution < -0.4 is 9.47 Å². The highest BCUT2D eigenvalue weighted by Crippen LogP contribution is 2.71. The number of fused-ring (bicyclic) bond motifs is 3. The molecule has 1 aromatic heterocycles. The van der Waals surface area contributed by atoms with E-state index in [0.717, 1.165) is 62.6 Å². The fourth-order valence-electron chi connectivity index (χ4n) is 9.20. The van der Waals surface area contributed by atoms with Crippen molar-refractivity contribution in [1.29, 1.82) is 0 Å². The van der Waals surface area contributed by atoms with Crippen LogP contribution in [-0.4, -0.2) is 77.7 Å². The molecule has 196 valence electrons. The van der Waals surface area contributed by atoms with Crippen molar-refractivity contribution >= 4 is 6.03 Å². The Labute approximate surface area is 217 Å². The van der Waals surface area contributed by atoms with E-state index in [1.54, 1.807) is 24.5 Å². The van der Waals surface area contributed by atoms with Crippen LogP contribution in [0.25, 0.3) is 0 Å². The van der Waals surface area contributed by atoms with E-state index in [1.165, 1.54) is 30.5 Å². The Morgan fingerprint density at radius 3 is 2.89 bits per heavy atom. The van der Waals surface area contributed by atoms with E-state index >= 15 is 0 Å². The maximum Gasteiger partial charge on any atom is 0.320 e. The normalized spacial score (nSPS) is 35.1. The molecule has 3 saturated heterocycles. The van der Waals surface area contributed by atoms with E-state index in [0.29, 0.717) is 18.5 Å². The summed E-state index contributed by atoms with van der Waals surface area (Å²) < 4.78 is 18.3. The van der Waals surface area contributed by atoms with Crippen LogP contribution in [0.2, 0.25) is 0 Å². The Morgan fingerprint density at radius 1 is 1.22 bits per heavy atom. The maximum atomic E-state index is 14.0. The predicted octanol–water partition coefficient (Wildman–Crippen LogP) is 3.83. The van der Waals surface area contributed by atoms with Crippen LogP contribution in [0.1, 0.15) is 55.5 Å². The second kappa shape index (κ2) is 7.65. The van der Waals surface area contributed by atoms with Crippen molar-refractivity contribution in [1.82, 2.24) is 19.7 Å². The van der Waals surface area contributed by atoms with Gasteiger partial charge in [0.2, 0.25) is 5.89 Å². The molecule has 0 unspecified atom stereocenters. The third kappa shape index (κ3) is 2.83. The van der Waals surface area contributed by atoms with Crippen LogP contribution in [0.3, 0.4) is 0 Å². The van der Waals surface area contributed by atoms with Gasteiger partial charge >= 0.3 is 6.03 Å². The molecule has 2 saturated carbocycles. The largest absolute Gasteiger partial charge is 0.493 e. The molecule has 9 rings (SSSR count). The summed E-state index contributed by atoms with van der Waals surface area (Å²) in [5.41, 5.74) is 2.95. The first-order chi connectivity index (χ1) is 18.1. The quantitative estimate of drug-likeness (QED) is 0.617. The number of nitrogens with zero attached hydrogens (tertiary/aromatic N) is 4. The van der Waals surface area contributed by atoms with Gasteiger partial charge in [0.25, 0.3) is 0 Å². The standard InChI is InChI=1S/C29H36N4O4/c1-31(17-23-30-11-14-36-23)27(34)33-13-9-28-8-7-20(33)26-29(28)10-12-32(16-18-3-4-18)22(28)15-19-5-6-21(35-2)25(37-26)24(19)29/h5-6,11,14,18,20,22,26H,3-4,7-10,12-13,15-17H2,1-2H3/t20-,22-,26+,28-,29+/m1/s1. The number of urea groups is 1. The van der Waals surface area contributed by atoms with Crippen molar-refractivity contribution in [3.63, 3.8) is 0 Å². The highest BCUT2D eigenvalue weighted by molar-refractivity contribution is 5.75. The number of likely N-dealkylation sites (tertiary alicyclic amines) is 1. The monoisotopic (exact) mass is 504 g/mol. The van der Waals surface area contributed by atoms with Gasteiger partial charge in [0.1, 0.15) is 12.4 Å². The number of oxazole rings is 1. The number of amides is 2. The molecular weight excluding hydrogens is 468 g/mol. The molecule has 5 fully saturated rings. The number of hydrogen-bond donors (Lipinski definition) is 0. The lowest BCUT2D eigenvalue weighted by molar-refractivity contribution is -0.129. The van der Waals surface area contributed by atoms with Crippen molar-refractivity contribution in [2.24, 2.45) is 11.3 Å². The summed E-state index contributed by atoms with van der Waals surface area (Å²) in [5, 5.41) is 0. The molecule has 37 heavy (non-hydrogen) atoms. The number of ether oxygens (including phenoxy) is 2. The van der Waals surface area contributed by atoms with E-state index < -0.39 is 0 Å². The number of hydrogen-bond acceptors (Lipinski definition) is 6. The van der Waals surface area contributed by atoms with Crippen LogP contribution in [-0.2, 0) is 18.4 Å². The molecule has 4 bridgehead atoms. The lowest BCUT2D eigenvalue weighted by Gasteiger charge is -2.66. The van der Waals surface area contributed by atoms with Gasteiger partial charge in [-0.2, -0.15) is 0 Å². The lowest BCUT2D eigenvalue weighted by Crippen LogP contribution is -2.73. The fourth-order valence-corrected chi connectivity index (χ4v) is 9.20. The summed E-state index contributed by atoms with van der Waals surface area (Å²) in [6.45, 7) is 3.51. The molecule has 5 heterocycles. The minimum atomic E-state index is -0.0474. The van der Waals surface area contributed by atoms with Gasteiger partial charge in [-0.15, -0.1) is 0 Å². The van der Waals surface area contributed by atoms with Crippen molar-refractivity contribution in [3.8, 4) is 11.5 Å². The molecule has 5 atom stereocenters. The number of methoxy groups -OCH3 is 1. The SMILES string of the molecule is COc1ccc2c3c1O[C@H]1[C@H]4CC[C@@]5(CCN4C(=O)N(C)Cc4ncco4)[C@@H](C2)N(CC2CC2)CC[C@]315. The maximum absolute atomic E-state index is 14.0. The van der Waals surface area contributed by atoms with Crippen LogP contribution in [0, 0.1) is 11.3 Å². The average molecular weight is 505 g/mol. The number of carbonyl (C=O) groups excluding carboxylic acids is 1. The molecule has 2 spiro atoms. The molecule has 1 aromatic carbocycles. The molecule has 0 radical (unpaired) electrons. The summed E-state index contributed by atoms with van der Waals surface area (Å²) in [5.74, 6) is 3.23. The summed E-state index contributed by atoms with van der Waals surface area (Å²) in [6, 6.07) is 5.02. The van der Waals surface area contributed by atoms with Crippen molar-refractivity contribution in [3.05, 3.63) is 41.6 Å². The Balaban J connectivity index is 1.23. The first-order valence-corrected chi connectivity index (χ1v) is 14.1. The van der Waals surface area contributed by atoms with Crippen LogP contribution in [0.5, 0.6) is 11.5 Å². The molecule has 0 N–H and O–H groups in total. The average Bonchev–Trinajstić information content (AvgIpc) is 3.53. The Morgan fingerprint density at radius 2 is 2.11 bits per heavy atom. The van der Waals surface area contributed by atoms with Crippen molar-refractivity contribution < 1.29 is 18.7 Å². The van der Waals surface area contributed by atoms with E-state index in [9.17, 15) is 4.79 Å². The van der Waals surface area contributed by atoms with Crippen molar-refractivity contribution in [2.75, 3.05) is 33.8 Å². The van der Waals surface area contributed by atoms with Crippen LogP contribution in [0.15, 0.2) is 29.0 Å². The van der Waals surface area contributed by atoms with Gasteiger partial charge in [0.15, 0.2) is 11.5 Å². The third-order valence-electron chi connectivity index (χ3n) is 10.8. The second-order valence-electron chi connectivity index (χ2n) is 12.3. The number of rotatable bonds is 5. The summed E-state index contributed by atoms with van der Waals surface area (Å²) in [4.78, 5) is 24.9. The number of benzene rings is 1. The summed E-state index contributed by atoms with van der Waals surface area (Å²) in [6.07, 6.45) is 11.3. The molecule has 4 aliphatic heterocycles. The number of carbonyl (C=O) groups is 1. The Kier molecular flexibility index (Phi) is 4.60. The Hall–Kier alpha value is -2.74. The van der Waals surface area contributed by atoms with Crippen LogP contribution in [0.4, 0.5) is 4.79 Å². The van der Waals surface area contributed by atoms with Gasteiger partial charge in [-0.1, -0.05) is 6.07 Å². The fraction of sp³-hybridized carbons (Fsp3) is 0.655. The van der Waals surface area contributed by atoms with E-state index in [1.807, 2.05) is 7.05 Å². The van der Waals surface area contributed by atoms with E-state index in [2.05, 4.69) is 26.9 Å². The first kappa shape index (κ1) is 22.3. The van der Waals surface area contributed by atoms with Gasteiger partial charge in [-0.3, -0.25) is 4.90 Å². The van der Waals surface area contributed by atoms with Gasteiger partial charge in [0, 0.05) is 42.6 Å². The van der Waals surface area contributed by atoms with Gasteiger partial charge in [-0.05, 0) is 69.0 Å². The highest BCUT2D eigenvalue weighted by atomic mass is 16.5. The molecule has 3 aliphatic carbocycles. The zero-order valence-electron chi connectivity index (χ0n) is 21.8. The summed E-state index contributed by atoms with van der Waals surface area (Å²) >= 11 is 0. The van der Waals surface area contributed by atoms with Gasteiger partial charge in [0.05, 0.1) is 25.9 Å². The minimum absolute atomic E-state index is 0.0289. The van der Waals surface area contributed by atoms with Gasteiger partial charge in [-0.25, -0.2) is 9.78 Å². The van der Waals surface area contributed by atoms with Gasteiger partial charge < -0.3 is 23.7 Å². The highest BCUT2D eigenvalue weighted by Gasteiger charge is 2.74. The van der Waals surface area contributed by atoms with E-state index in [-0.39, 0.29) is 29.0 Å². The number of piperidine rings is 1. The summed E-state index contributed by atoms with van der Waals surface area (Å²) in [7, 11) is 3.60. The predicted molar refractivity (Wildman–Crippen MR) is 136 cm³/mol. The second-order valence-corrected chi connectivity index (χ2v) is 12.3.